The molecule has 3 heteroatoms. The highest BCUT2D eigenvalue weighted by Crippen LogP contribution is 2.26. The van der Waals surface area contributed by atoms with Gasteiger partial charge in [-0.05, 0) is 35.7 Å². The molecule has 0 aliphatic rings. The molecule has 2 aromatic carbocycles. The SMILES string of the molecule is Cc1cc(N)cc(-c2ccc(C(F)F)cc2)c1. The molecule has 0 spiro atoms. The van der Waals surface area contributed by atoms with Gasteiger partial charge in [0.05, 0.1) is 0 Å². The molecule has 0 atom stereocenters. The van der Waals surface area contributed by atoms with E-state index in [1.807, 2.05) is 25.1 Å². The van der Waals surface area contributed by atoms with Gasteiger partial charge in [-0.3, -0.25) is 0 Å². The van der Waals surface area contributed by atoms with Crippen LogP contribution in [0.3, 0.4) is 0 Å². The Labute approximate surface area is 98.9 Å². The van der Waals surface area contributed by atoms with Gasteiger partial charge in [0.1, 0.15) is 0 Å². The summed E-state index contributed by atoms with van der Waals surface area (Å²) in [5.41, 5.74) is 9.36. The van der Waals surface area contributed by atoms with Crippen LogP contribution in [-0.4, -0.2) is 0 Å². The number of rotatable bonds is 2. The van der Waals surface area contributed by atoms with Gasteiger partial charge < -0.3 is 5.73 Å². The highest BCUT2D eigenvalue weighted by molar-refractivity contribution is 5.68. The maximum Gasteiger partial charge on any atom is 0.263 e. The number of nitrogen functional groups attached to an aromatic ring is 1. The van der Waals surface area contributed by atoms with Crippen LogP contribution in [0, 0.1) is 6.92 Å². The summed E-state index contributed by atoms with van der Waals surface area (Å²) in [6, 6.07) is 12.0. The zero-order valence-electron chi connectivity index (χ0n) is 9.45. The number of hydrogen-bond acceptors (Lipinski definition) is 1. The normalized spacial score (nSPS) is 10.8. The minimum absolute atomic E-state index is 0.0365. The van der Waals surface area contributed by atoms with Crippen molar-refractivity contribution >= 4 is 5.69 Å². The van der Waals surface area contributed by atoms with Gasteiger partial charge in [-0.15, -0.1) is 0 Å². The smallest absolute Gasteiger partial charge is 0.263 e. The van der Waals surface area contributed by atoms with Crippen molar-refractivity contribution < 1.29 is 8.78 Å². The lowest BCUT2D eigenvalue weighted by Crippen LogP contribution is -1.89. The second-order valence-corrected chi connectivity index (χ2v) is 4.06. The van der Waals surface area contributed by atoms with Crippen molar-refractivity contribution in [1.29, 1.82) is 0 Å². The standard InChI is InChI=1S/C14H13F2N/c1-9-6-12(8-13(17)7-9)10-2-4-11(5-3-10)14(15)16/h2-8,14H,17H2,1H3. The van der Waals surface area contributed by atoms with Gasteiger partial charge in [0.25, 0.3) is 6.43 Å². The Balaban J connectivity index is 2.39. The molecule has 0 fully saturated rings. The minimum atomic E-state index is -2.42. The second-order valence-electron chi connectivity index (χ2n) is 4.06. The lowest BCUT2D eigenvalue weighted by molar-refractivity contribution is 0.151. The van der Waals surface area contributed by atoms with Crippen LogP contribution in [0.25, 0.3) is 11.1 Å². The van der Waals surface area contributed by atoms with Crippen molar-refractivity contribution in [1.82, 2.24) is 0 Å². The van der Waals surface area contributed by atoms with Gasteiger partial charge >= 0.3 is 0 Å². The fourth-order valence-corrected chi connectivity index (χ4v) is 1.80. The molecule has 0 bridgehead atoms. The van der Waals surface area contributed by atoms with E-state index in [1.165, 1.54) is 12.1 Å². The third-order valence-corrected chi connectivity index (χ3v) is 2.60. The Hall–Kier alpha value is -1.90. The number of hydrogen-bond donors (Lipinski definition) is 1. The van der Waals surface area contributed by atoms with Crippen LogP contribution in [0.5, 0.6) is 0 Å². The average Bonchev–Trinajstić information content (AvgIpc) is 2.28. The summed E-state index contributed by atoms with van der Waals surface area (Å²) in [7, 11) is 0. The summed E-state index contributed by atoms with van der Waals surface area (Å²) in [4.78, 5) is 0. The Morgan fingerprint density at radius 1 is 0.941 bits per heavy atom. The summed E-state index contributed by atoms with van der Waals surface area (Å²) >= 11 is 0. The third-order valence-electron chi connectivity index (χ3n) is 2.60. The molecule has 0 heterocycles. The number of alkyl halides is 2. The van der Waals surface area contributed by atoms with Crippen molar-refractivity contribution in [2.24, 2.45) is 0 Å². The molecule has 0 saturated heterocycles. The molecule has 2 aromatic rings. The van der Waals surface area contributed by atoms with Crippen LogP contribution in [0.4, 0.5) is 14.5 Å². The molecule has 0 aliphatic heterocycles. The first-order valence-electron chi connectivity index (χ1n) is 5.32. The number of aryl methyl sites for hydroxylation is 1. The molecule has 17 heavy (non-hydrogen) atoms. The molecular formula is C14H13F2N. The van der Waals surface area contributed by atoms with E-state index in [2.05, 4.69) is 0 Å². The largest absolute Gasteiger partial charge is 0.399 e. The quantitative estimate of drug-likeness (QED) is 0.773. The molecule has 88 valence electrons. The molecule has 0 radical (unpaired) electrons. The van der Waals surface area contributed by atoms with Gasteiger partial charge in [0, 0.05) is 11.3 Å². The Bertz CT molecular complexity index is 498. The Morgan fingerprint density at radius 3 is 2.12 bits per heavy atom. The molecular weight excluding hydrogens is 220 g/mol. The first kappa shape index (κ1) is 11.6. The molecule has 2 rings (SSSR count). The first-order chi connectivity index (χ1) is 8.06. The van der Waals surface area contributed by atoms with Gasteiger partial charge in [0.15, 0.2) is 0 Å². The summed E-state index contributed by atoms with van der Waals surface area (Å²) in [6.45, 7) is 1.95. The lowest BCUT2D eigenvalue weighted by Gasteiger charge is -2.06. The molecule has 1 nitrogen and oxygen atoms in total. The van der Waals surface area contributed by atoms with E-state index < -0.39 is 6.43 Å². The topological polar surface area (TPSA) is 26.0 Å². The average molecular weight is 233 g/mol. The molecule has 0 unspecified atom stereocenters. The van der Waals surface area contributed by atoms with Crippen molar-refractivity contribution in [2.75, 3.05) is 5.73 Å². The number of anilines is 1. The predicted molar refractivity (Wildman–Crippen MR) is 66.0 cm³/mol. The minimum Gasteiger partial charge on any atom is -0.399 e. The van der Waals surface area contributed by atoms with E-state index >= 15 is 0 Å². The van der Waals surface area contributed by atoms with Gasteiger partial charge in [-0.2, -0.15) is 0 Å². The summed E-state index contributed by atoms with van der Waals surface area (Å²) in [5.74, 6) is 0. The molecule has 2 N–H and O–H groups in total. The van der Waals surface area contributed by atoms with Gasteiger partial charge in [0.2, 0.25) is 0 Å². The molecule has 0 amide bonds. The van der Waals surface area contributed by atoms with Crippen molar-refractivity contribution in [3.05, 3.63) is 53.6 Å². The van der Waals surface area contributed by atoms with Crippen molar-refractivity contribution in [2.45, 2.75) is 13.3 Å². The Morgan fingerprint density at radius 2 is 1.59 bits per heavy atom. The van der Waals surface area contributed by atoms with Crippen LogP contribution in [0.1, 0.15) is 17.6 Å². The monoisotopic (exact) mass is 233 g/mol. The molecule has 0 saturated carbocycles. The zero-order valence-corrected chi connectivity index (χ0v) is 9.45. The van der Waals surface area contributed by atoms with Gasteiger partial charge in [-0.25, -0.2) is 8.78 Å². The number of benzene rings is 2. The van der Waals surface area contributed by atoms with E-state index in [4.69, 9.17) is 5.73 Å². The summed E-state index contributed by atoms with van der Waals surface area (Å²) < 4.78 is 24.8. The fourth-order valence-electron chi connectivity index (χ4n) is 1.80. The third kappa shape index (κ3) is 2.61. The van der Waals surface area contributed by atoms with Crippen LogP contribution in [0.2, 0.25) is 0 Å². The maximum absolute atomic E-state index is 12.4. The zero-order chi connectivity index (χ0) is 12.4. The lowest BCUT2D eigenvalue weighted by atomic mass is 10.0. The van der Waals surface area contributed by atoms with Crippen LogP contribution in [0.15, 0.2) is 42.5 Å². The van der Waals surface area contributed by atoms with E-state index in [-0.39, 0.29) is 5.56 Å². The second kappa shape index (κ2) is 4.53. The summed E-state index contributed by atoms with van der Waals surface area (Å²) in [6.07, 6.45) is -2.42. The van der Waals surface area contributed by atoms with Crippen LogP contribution < -0.4 is 5.73 Å². The summed E-state index contributed by atoms with van der Waals surface area (Å²) in [5, 5.41) is 0. The Kier molecular flexibility index (Phi) is 3.09. The highest BCUT2D eigenvalue weighted by Gasteiger charge is 2.06. The van der Waals surface area contributed by atoms with E-state index in [1.54, 1.807) is 12.1 Å². The van der Waals surface area contributed by atoms with Crippen LogP contribution >= 0.6 is 0 Å². The van der Waals surface area contributed by atoms with Crippen molar-refractivity contribution in [3.8, 4) is 11.1 Å². The first-order valence-corrected chi connectivity index (χ1v) is 5.32. The molecule has 0 aromatic heterocycles. The van der Waals surface area contributed by atoms with Gasteiger partial charge in [-0.1, -0.05) is 30.3 Å². The van der Waals surface area contributed by atoms with E-state index in [0.29, 0.717) is 5.69 Å². The van der Waals surface area contributed by atoms with Crippen LogP contribution in [-0.2, 0) is 0 Å². The van der Waals surface area contributed by atoms with Crippen molar-refractivity contribution in [3.63, 3.8) is 0 Å². The maximum atomic E-state index is 12.4. The number of nitrogens with two attached hydrogens (primary N) is 1. The molecule has 0 aliphatic carbocycles. The fraction of sp³-hybridized carbons (Fsp3) is 0.143. The number of halogens is 2. The van der Waals surface area contributed by atoms with E-state index in [9.17, 15) is 8.78 Å². The highest BCUT2D eigenvalue weighted by atomic mass is 19.3. The van der Waals surface area contributed by atoms with E-state index in [0.717, 1.165) is 16.7 Å². The predicted octanol–water partition coefficient (Wildman–Crippen LogP) is 4.18.